The Balaban J connectivity index is 1.89. The molecule has 1 aromatic rings. The molecule has 0 radical (unpaired) electrons. The molecule has 3 nitrogen and oxygen atoms in total. The van der Waals surface area contributed by atoms with Crippen LogP contribution in [0.15, 0.2) is 12.4 Å². The van der Waals surface area contributed by atoms with Gasteiger partial charge in [0, 0.05) is 18.8 Å². The van der Waals surface area contributed by atoms with E-state index in [1.165, 1.54) is 18.4 Å². The first kappa shape index (κ1) is 10.7. The minimum absolute atomic E-state index is 0.298. The molecule has 1 aliphatic carbocycles. The third kappa shape index (κ3) is 2.59. The van der Waals surface area contributed by atoms with Gasteiger partial charge in [-0.25, -0.2) is 0 Å². The van der Waals surface area contributed by atoms with Crippen LogP contribution in [0.4, 0.5) is 0 Å². The van der Waals surface area contributed by atoms with Crippen LogP contribution in [0.5, 0.6) is 0 Å². The van der Waals surface area contributed by atoms with Crippen LogP contribution in [0.3, 0.4) is 0 Å². The van der Waals surface area contributed by atoms with Gasteiger partial charge < -0.3 is 5.73 Å². The molecule has 1 fully saturated rings. The summed E-state index contributed by atoms with van der Waals surface area (Å²) >= 11 is 0. The summed E-state index contributed by atoms with van der Waals surface area (Å²) in [7, 11) is 0. The molecule has 0 bridgehead atoms. The Morgan fingerprint density at radius 2 is 2.33 bits per heavy atom. The van der Waals surface area contributed by atoms with Gasteiger partial charge in [-0.1, -0.05) is 6.92 Å². The smallest absolute Gasteiger partial charge is 0.0522 e. The Kier molecular flexibility index (Phi) is 3.10. The fourth-order valence-corrected chi connectivity index (χ4v) is 2.11. The van der Waals surface area contributed by atoms with Gasteiger partial charge >= 0.3 is 0 Å². The largest absolute Gasteiger partial charge is 0.327 e. The number of rotatable bonds is 5. The van der Waals surface area contributed by atoms with Crippen molar-refractivity contribution < 1.29 is 0 Å². The van der Waals surface area contributed by atoms with Crippen LogP contribution in [-0.2, 0) is 13.0 Å². The van der Waals surface area contributed by atoms with E-state index < -0.39 is 0 Å². The normalized spacial score (nSPS) is 20.2. The number of aryl methyl sites for hydroxylation is 1. The van der Waals surface area contributed by atoms with E-state index in [0.29, 0.717) is 12.0 Å². The summed E-state index contributed by atoms with van der Waals surface area (Å²) in [5, 5.41) is 4.27. The molecule has 0 aliphatic heterocycles. The van der Waals surface area contributed by atoms with E-state index in [0.717, 1.165) is 18.9 Å². The Hall–Kier alpha value is -0.830. The lowest BCUT2D eigenvalue weighted by Crippen LogP contribution is -2.31. The Bertz CT molecular complexity index is 314. The lowest BCUT2D eigenvalue weighted by molar-refractivity contribution is 0.404. The minimum Gasteiger partial charge on any atom is -0.327 e. The molecular formula is C12H21N3. The molecule has 1 aliphatic rings. The Labute approximate surface area is 91.7 Å². The summed E-state index contributed by atoms with van der Waals surface area (Å²) in [6, 6.07) is 0.298. The van der Waals surface area contributed by atoms with Crippen LogP contribution < -0.4 is 5.73 Å². The Morgan fingerprint density at radius 1 is 1.60 bits per heavy atom. The van der Waals surface area contributed by atoms with Gasteiger partial charge in [-0.2, -0.15) is 5.10 Å². The zero-order valence-corrected chi connectivity index (χ0v) is 9.69. The average Bonchev–Trinajstić information content (AvgIpc) is 2.98. The van der Waals surface area contributed by atoms with Gasteiger partial charge in [0.1, 0.15) is 0 Å². The van der Waals surface area contributed by atoms with E-state index in [-0.39, 0.29) is 0 Å². The fraction of sp³-hybridized carbons (Fsp3) is 0.750. The summed E-state index contributed by atoms with van der Waals surface area (Å²) in [5.41, 5.74) is 7.48. The van der Waals surface area contributed by atoms with Crippen LogP contribution >= 0.6 is 0 Å². The van der Waals surface area contributed by atoms with Gasteiger partial charge in [-0.15, -0.1) is 0 Å². The molecule has 2 N–H and O–H groups in total. The maximum absolute atomic E-state index is 6.20. The summed E-state index contributed by atoms with van der Waals surface area (Å²) in [6.07, 6.45) is 7.78. The van der Waals surface area contributed by atoms with Gasteiger partial charge in [0.25, 0.3) is 0 Å². The maximum Gasteiger partial charge on any atom is 0.0522 e. The first-order chi connectivity index (χ1) is 7.20. The highest BCUT2D eigenvalue weighted by atomic mass is 15.3. The van der Waals surface area contributed by atoms with Crippen molar-refractivity contribution in [2.24, 2.45) is 17.6 Å². The number of nitrogens with zero attached hydrogens (tertiary/aromatic N) is 2. The predicted octanol–water partition coefficient (Wildman–Crippen LogP) is 1.82. The van der Waals surface area contributed by atoms with Crippen LogP contribution in [-0.4, -0.2) is 15.8 Å². The highest BCUT2D eigenvalue weighted by Crippen LogP contribution is 2.38. The topological polar surface area (TPSA) is 43.8 Å². The van der Waals surface area contributed by atoms with Gasteiger partial charge in [0.05, 0.1) is 6.20 Å². The zero-order chi connectivity index (χ0) is 10.8. The second-order valence-electron chi connectivity index (χ2n) is 4.77. The average molecular weight is 207 g/mol. The van der Waals surface area contributed by atoms with Crippen LogP contribution in [0.2, 0.25) is 0 Å². The van der Waals surface area contributed by atoms with E-state index in [9.17, 15) is 0 Å². The molecule has 84 valence electrons. The van der Waals surface area contributed by atoms with Crippen molar-refractivity contribution >= 4 is 0 Å². The molecule has 2 rings (SSSR count). The molecule has 2 unspecified atom stereocenters. The van der Waals surface area contributed by atoms with Crippen molar-refractivity contribution in [2.45, 2.75) is 45.7 Å². The van der Waals surface area contributed by atoms with Crippen molar-refractivity contribution in [3.8, 4) is 0 Å². The SMILES string of the molecule is CCn1cc(CC(N)C(C)C2CC2)cn1. The van der Waals surface area contributed by atoms with Gasteiger partial charge in [-0.05, 0) is 43.6 Å². The highest BCUT2D eigenvalue weighted by Gasteiger charge is 2.31. The van der Waals surface area contributed by atoms with Gasteiger partial charge in [-0.3, -0.25) is 4.68 Å². The molecule has 0 amide bonds. The number of hydrogen-bond donors (Lipinski definition) is 1. The third-order valence-corrected chi connectivity index (χ3v) is 3.52. The second-order valence-corrected chi connectivity index (χ2v) is 4.77. The number of nitrogens with two attached hydrogens (primary N) is 1. The highest BCUT2D eigenvalue weighted by molar-refractivity contribution is 5.07. The summed E-state index contributed by atoms with van der Waals surface area (Å²) < 4.78 is 1.96. The molecule has 1 aromatic heterocycles. The molecule has 15 heavy (non-hydrogen) atoms. The van der Waals surface area contributed by atoms with Crippen molar-refractivity contribution in [1.29, 1.82) is 0 Å². The van der Waals surface area contributed by atoms with E-state index in [4.69, 9.17) is 5.73 Å². The van der Waals surface area contributed by atoms with Gasteiger partial charge in [0.2, 0.25) is 0 Å². The molecule has 1 saturated carbocycles. The van der Waals surface area contributed by atoms with E-state index in [1.807, 2.05) is 10.9 Å². The predicted molar refractivity (Wildman–Crippen MR) is 61.5 cm³/mol. The van der Waals surface area contributed by atoms with Crippen LogP contribution in [0, 0.1) is 11.8 Å². The second kappa shape index (κ2) is 4.35. The molecule has 3 heteroatoms. The van der Waals surface area contributed by atoms with E-state index >= 15 is 0 Å². The third-order valence-electron chi connectivity index (χ3n) is 3.52. The fourth-order valence-electron chi connectivity index (χ4n) is 2.11. The van der Waals surface area contributed by atoms with Crippen molar-refractivity contribution in [3.05, 3.63) is 18.0 Å². The minimum atomic E-state index is 0.298. The standard InChI is InChI=1S/C12H21N3/c1-3-15-8-10(7-14-15)6-12(13)9(2)11-4-5-11/h7-9,11-12H,3-6,13H2,1-2H3. The van der Waals surface area contributed by atoms with Crippen LogP contribution in [0.1, 0.15) is 32.3 Å². The Morgan fingerprint density at radius 3 is 2.87 bits per heavy atom. The van der Waals surface area contributed by atoms with Crippen molar-refractivity contribution in [1.82, 2.24) is 9.78 Å². The van der Waals surface area contributed by atoms with E-state index in [2.05, 4.69) is 25.1 Å². The first-order valence-electron chi connectivity index (χ1n) is 5.97. The first-order valence-corrected chi connectivity index (χ1v) is 5.97. The van der Waals surface area contributed by atoms with Gasteiger partial charge in [0.15, 0.2) is 0 Å². The lowest BCUT2D eigenvalue weighted by Gasteiger charge is -2.18. The molecule has 0 saturated heterocycles. The summed E-state index contributed by atoms with van der Waals surface area (Å²) in [4.78, 5) is 0. The van der Waals surface area contributed by atoms with Crippen molar-refractivity contribution in [3.63, 3.8) is 0 Å². The maximum atomic E-state index is 6.20. The number of hydrogen-bond acceptors (Lipinski definition) is 2. The quantitative estimate of drug-likeness (QED) is 0.800. The number of aromatic nitrogens is 2. The molecule has 0 spiro atoms. The molecule has 2 atom stereocenters. The molecule has 1 heterocycles. The van der Waals surface area contributed by atoms with E-state index in [1.54, 1.807) is 0 Å². The monoisotopic (exact) mass is 207 g/mol. The summed E-state index contributed by atoms with van der Waals surface area (Å²) in [5.74, 6) is 1.55. The molecule has 0 aromatic carbocycles. The van der Waals surface area contributed by atoms with Crippen LogP contribution in [0.25, 0.3) is 0 Å². The summed E-state index contributed by atoms with van der Waals surface area (Å²) in [6.45, 7) is 5.32. The molecular weight excluding hydrogens is 186 g/mol. The van der Waals surface area contributed by atoms with Crippen molar-refractivity contribution in [2.75, 3.05) is 0 Å². The lowest BCUT2D eigenvalue weighted by atomic mass is 9.93. The zero-order valence-electron chi connectivity index (χ0n) is 9.69.